The molecule has 0 aromatic heterocycles. The summed E-state index contributed by atoms with van der Waals surface area (Å²) in [5, 5.41) is 2.84. The molecule has 0 aliphatic heterocycles. The van der Waals surface area contributed by atoms with Crippen LogP contribution in [0.3, 0.4) is 0 Å². The van der Waals surface area contributed by atoms with Gasteiger partial charge in [-0.05, 0) is 42.4 Å². The Bertz CT molecular complexity index is 475. The van der Waals surface area contributed by atoms with Crippen molar-refractivity contribution in [3.8, 4) is 0 Å². The van der Waals surface area contributed by atoms with E-state index >= 15 is 0 Å². The second-order valence-electron chi connectivity index (χ2n) is 5.14. The number of carbonyl (C=O) groups is 1. The molecule has 0 heterocycles. The number of carbonyl (C=O) groups excluding carboxylic acids is 1. The molecular weight excluding hydrogens is 272 g/mol. The van der Waals surface area contributed by atoms with E-state index in [1.807, 2.05) is 0 Å². The van der Waals surface area contributed by atoms with Gasteiger partial charge in [-0.25, -0.2) is 8.78 Å². The number of halogens is 3. The quantitative estimate of drug-likeness (QED) is 0.801. The van der Waals surface area contributed by atoms with E-state index in [2.05, 4.69) is 5.32 Å². The number of benzene rings is 1. The summed E-state index contributed by atoms with van der Waals surface area (Å²) in [6.07, 6.45) is 3.14. The maximum atomic E-state index is 13.0. The van der Waals surface area contributed by atoms with E-state index in [0.717, 1.165) is 31.4 Å². The van der Waals surface area contributed by atoms with Crippen LogP contribution in [-0.2, 0) is 11.2 Å². The van der Waals surface area contributed by atoms with Crippen LogP contribution in [0.1, 0.15) is 24.8 Å². The van der Waals surface area contributed by atoms with Crippen molar-refractivity contribution >= 4 is 17.5 Å². The molecule has 0 bridgehead atoms. The van der Waals surface area contributed by atoms with Crippen LogP contribution in [0.25, 0.3) is 0 Å². The lowest BCUT2D eigenvalue weighted by molar-refractivity contribution is -0.120. The summed E-state index contributed by atoms with van der Waals surface area (Å²) in [5.74, 6) is -1.40. The number of hydrogen-bond acceptors (Lipinski definition) is 1. The zero-order chi connectivity index (χ0) is 13.9. The van der Waals surface area contributed by atoms with Crippen LogP contribution in [0.5, 0.6) is 0 Å². The van der Waals surface area contributed by atoms with E-state index < -0.39 is 11.6 Å². The monoisotopic (exact) mass is 287 g/mol. The Balaban J connectivity index is 1.82. The minimum Gasteiger partial charge on any atom is -0.355 e. The SMILES string of the molecule is O=C(Cc1ccc(F)c(F)c1)NCC1(CCCl)CC1. The van der Waals surface area contributed by atoms with Gasteiger partial charge < -0.3 is 5.32 Å². The van der Waals surface area contributed by atoms with Crippen molar-refractivity contribution in [2.75, 3.05) is 12.4 Å². The average Bonchev–Trinajstić information content (AvgIpc) is 3.12. The molecule has 104 valence electrons. The molecule has 5 heteroatoms. The lowest BCUT2D eigenvalue weighted by atomic mass is 10.0. The Kier molecular flexibility index (Phi) is 4.40. The topological polar surface area (TPSA) is 29.1 Å². The fourth-order valence-electron chi connectivity index (χ4n) is 2.08. The Morgan fingerprint density at radius 1 is 1.32 bits per heavy atom. The number of rotatable bonds is 6. The number of amides is 1. The minimum absolute atomic E-state index is 0.0636. The van der Waals surface area contributed by atoms with Crippen molar-refractivity contribution in [1.29, 1.82) is 0 Å². The van der Waals surface area contributed by atoms with Gasteiger partial charge in [0.15, 0.2) is 11.6 Å². The van der Waals surface area contributed by atoms with Crippen LogP contribution in [0.2, 0.25) is 0 Å². The average molecular weight is 288 g/mol. The normalized spacial score (nSPS) is 16.2. The second-order valence-corrected chi connectivity index (χ2v) is 5.52. The first kappa shape index (κ1) is 14.3. The Morgan fingerprint density at radius 2 is 2.05 bits per heavy atom. The molecule has 19 heavy (non-hydrogen) atoms. The highest BCUT2D eigenvalue weighted by molar-refractivity contribution is 6.17. The van der Waals surface area contributed by atoms with Gasteiger partial charge in [0.25, 0.3) is 0 Å². The van der Waals surface area contributed by atoms with E-state index in [4.69, 9.17) is 11.6 Å². The van der Waals surface area contributed by atoms with Crippen LogP contribution in [-0.4, -0.2) is 18.3 Å². The first-order valence-electron chi connectivity index (χ1n) is 6.31. The molecule has 1 aliphatic rings. The van der Waals surface area contributed by atoms with Crippen LogP contribution >= 0.6 is 11.6 Å². The largest absolute Gasteiger partial charge is 0.355 e. The van der Waals surface area contributed by atoms with Crippen molar-refractivity contribution < 1.29 is 13.6 Å². The maximum Gasteiger partial charge on any atom is 0.224 e. The van der Waals surface area contributed by atoms with Gasteiger partial charge in [-0.2, -0.15) is 0 Å². The molecule has 1 saturated carbocycles. The fourth-order valence-corrected chi connectivity index (χ4v) is 2.48. The zero-order valence-electron chi connectivity index (χ0n) is 10.5. The van der Waals surface area contributed by atoms with E-state index in [1.165, 1.54) is 6.07 Å². The van der Waals surface area contributed by atoms with Gasteiger partial charge in [0.2, 0.25) is 5.91 Å². The summed E-state index contributed by atoms with van der Waals surface area (Å²) >= 11 is 5.71. The third-order valence-corrected chi connectivity index (χ3v) is 3.78. The highest BCUT2D eigenvalue weighted by Crippen LogP contribution is 2.48. The molecule has 0 spiro atoms. The second kappa shape index (κ2) is 5.87. The zero-order valence-corrected chi connectivity index (χ0v) is 11.3. The highest BCUT2D eigenvalue weighted by atomic mass is 35.5. The molecule has 1 aliphatic carbocycles. The Morgan fingerprint density at radius 3 is 2.63 bits per heavy atom. The van der Waals surface area contributed by atoms with Crippen LogP contribution in [0.4, 0.5) is 8.78 Å². The number of nitrogens with one attached hydrogen (secondary N) is 1. The van der Waals surface area contributed by atoms with E-state index in [0.29, 0.717) is 18.0 Å². The van der Waals surface area contributed by atoms with Crippen molar-refractivity contribution in [3.63, 3.8) is 0 Å². The molecule has 2 nitrogen and oxygen atoms in total. The van der Waals surface area contributed by atoms with Crippen molar-refractivity contribution in [2.24, 2.45) is 5.41 Å². The van der Waals surface area contributed by atoms with Crippen LogP contribution in [0, 0.1) is 17.0 Å². The van der Waals surface area contributed by atoms with Gasteiger partial charge in [0.05, 0.1) is 6.42 Å². The van der Waals surface area contributed by atoms with Gasteiger partial charge in [0, 0.05) is 12.4 Å². The van der Waals surface area contributed by atoms with Gasteiger partial charge in [-0.3, -0.25) is 4.79 Å². The van der Waals surface area contributed by atoms with Gasteiger partial charge in [-0.1, -0.05) is 6.07 Å². The van der Waals surface area contributed by atoms with Crippen molar-refractivity contribution in [3.05, 3.63) is 35.4 Å². The summed E-state index contributed by atoms with van der Waals surface area (Å²) in [4.78, 5) is 11.7. The summed E-state index contributed by atoms with van der Waals surface area (Å²) in [6, 6.07) is 3.51. The van der Waals surface area contributed by atoms with Crippen LogP contribution in [0.15, 0.2) is 18.2 Å². The lowest BCUT2D eigenvalue weighted by Crippen LogP contribution is -2.31. The maximum absolute atomic E-state index is 13.0. The summed E-state index contributed by atoms with van der Waals surface area (Å²) in [6.45, 7) is 0.613. The van der Waals surface area contributed by atoms with Crippen molar-refractivity contribution in [2.45, 2.75) is 25.7 Å². The van der Waals surface area contributed by atoms with Gasteiger partial charge in [0.1, 0.15) is 0 Å². The molecular formula is C14H16ClF2NO. The first-order valence-corrected chi connectivity index (χ1v) is 6.85. The predicted octanol–water partition coefficient (Wildman–Crippen LogP) is 3.03. The Hall–Kier alpha value is -1.16. The molecule has 2 rings (SSSR count). The predicted molar refractivity (Wildman–Crippen MR) is 70.1 cm³/mol. The Labute approximate surface area is 116 Å². The third-order valence-electron chi connectivity index (χ3n) is 3.59. The van der Waals surface area contributed by atoms with Gasteiger partial charge >= 0.3 is 0 Å². The molecule has 1 fully saturated rings. The van der Waals surface area contributed by atoms with Crippen LogP contribution < -0.4 is 5.32 Å². The standard InChI is InChI=1S/C14H16ClF2NO/c15-6-5-14(3-4-14)9-18-13(19)8-10-1-2-11(16)12(17)7-10/h1-2,7H,3-6,8-9H2,(H,18,19). The van der Waals surface area contributed by atoms with E-state index in [-0.39, 0.29) is 17.7 Å². The van der Waals surface area contributed by atoms with E-state index in [9.17, 15) is 13.6 Å². The van der Waals surface area contributed by atoms with Gasteiger partial charge in [-0.15, -0.1) is 11.6 Å². The molecule has 0 atom stereocenters. The molecule has 0 saturated heterocycles. The fraction of sp³-hybridized carbons (Fsp3) is 0.500. The summed E-state index contributed by atoms with van der Waals surface area (Å²) < 4.78 is 25.7. The summed E-state index contributed by atoms with van der Waals surface area (Å²) in [7, 11) is 0. The molecule has 0 unspecified atom stereocenters. The van der Waals surface area contributed by atoms with Crippen molar-refractivity contribution in [1.82, 2.24) is 5.32 Å². The lowest BCUT2D eigenvalue weighted by Gasteiger charge is -2.14. The molecule has 1 amide bonds. The molecule has 1 N–H and O–H groups in total. The molecule has 0 radical (unpaired) electrons. The highest BCUT2D eigenvalue weighted by Gasteiger charge is 2.41. The number of alkyl halides is 1. The number of hydrogen-bond donors (Lipinski definition) is 1. The minimum atomic E-state index is -0.925. The molecule has 1 aromatic carbocycles. The van der Waals surface area contributed by atoms with E-state index in [1.54, 1.807) is 0 Å². The molecule has 1 aromatic rings. The third kappa shape index (κ3) is 3.90. The summed E-state index contributed by atoms with van der Waals surface area (Å²) in [5.41, 5.74) is 0.643. The smallest absolute Gasteiger partial charge is 0.224 e. The first-order chi connectivity index (χ1) is 9.04.